The summed E-state index contributed by atoms with van der Waals surface area (Å²) in [4.78, 5) is 19.0. The van der Waals surface area contributed by atoms with Gasteiger partial charge in [-0.1, -0.05) is 35.3 Å². The van der Waals surface area contributed by atoms with Gasteiger partial charge in [0.1, 0.15) is 16.7 Å². The Kier molecular flexibility index (Phi) is 7.60. The lowest BCUT2D eigenvalue weighted by atomic mass is 10.3. The van der Waals surface area contributed by atoms with Crippen molar-refractivity contribution in [3.8, 4) is 5.69 Å². The van der Waals surface area contributed by atoms with E-state index in [1.54, 1.807) is 69.9 Å². The van der Waals surface area contributed by atoms with Crippen LogP contribution in [0.25, 0.3) is 5.69 Å². The van der Waals surface area contributed by atoms with Gasteiger partial charge in [0, 0.05) is 32.8 Å². The molecule has 30 heavy (non-hydrogen) atoms. The number of carbonyl (C=O) groups is 1. The number of aromatic nitrogens is 3. The van der Waals surface area contributed by atoms with Crippen LogP contribution in [-0.2, 0) is 15.8 Å². The van der Waals surface area contributed by atoms with Crippen molar-refractivity contribution in [2.75, 3.05) is 25.0 Å². The van der Waals surface area contributed by atoms with Crippen LogP contribution in [0.2, 0.25) is 10.2 Å². The summed E-state index contributed by atoms with van der Waals surface area (Å²) in [6.07, 6.45) is 5.19. The Morgan fingerprint density at radius 1 is 1.20 bits per heavy atom. The molecule has 1 atom stereocenters. The second-order valence-electron chi connectivity index (χ2n) is 6.38. The van der Waals surface area contributed by atoms with Gasteiger partial charge in [0.15, 0.2) is 5.15 Å². The lowest BCUT2D eigenvalue weighted by Gasteiger charge is -2.21. The zero-order valence-corrected chi connectivity index (χ0v) is 18.9. The molecule has 0 N–H and O–H groups in total. The predicted octanol–water partition coefficient (Wildman–Crippen LogP) is 3.97. The summed E-state index contributed by atoms with van der Waals surface area (Å²) in [5.74, 6) is -0.145. The van der Waals surface area contributed by atoms with Gasteiger partial charge in [0.05, 0.1) is 28.0 Å². The van der Waals surface area contributed by atoms with E-state index in [1.807, 2.05) is 13.0 Å². The molecule has 0 bridgehead atoms. The van der Waals surface area contributed by atoms with Crippen LogP contribution in [0.5, 0.6) is 0 Å². The quantitative estimate of drug-likeness (QED) is 0.504. The minimum atomic E-state index is -1.46. The van der Waals surface area contributed by atoms with Gasteiger partial charge in [-0.3, -0.25) is 9.78 Å². The number of anilines is 1. The molecular weight excluding hydrogens is 445 g/mol. The van der Waals surface area contributed by atoms with Gasteiger partial charge in [0.2, 0.25) is 5.91 Å². The Hall–Kier alpha value is -2.26. The molecule has 1 amide bonds. The molecule has 10 heteroatoms. The molecule has 2 heterocycles. The summed E-state index contributed by atoms with van der Waals surface area (Å²) < 4.78 is 15.9. The standard InChI is InChI=1S/C20H21Cl2N5O2S/c1-3-26(17-14-27(24-20(17)22)15-7-6-11-23-13-15)19(28)10-12-25(2)30(29)18-9-5-4-8-16(18)21/h4-9,11,13-14H,3,10,12H2,1-2H3. The molecule has 0 fully saturated rings. The molecule has 0 aliphatic carbocycles. The summed E-state index contributed by atoms with van der Waals surface area (Å²) >= 11 is 12.4. The Morgan fingerprint density at radius 2 is 1.97 bits per heavy atom. The van der Waals surface area contributed by atoms with Crippen molar-refractivity contribution in [1.29, 1.82) is 0 Å². The summed E-state index contributed by atoms with van der Waals surface area (Å²) in [7, 11) is 0.231. The van der Waals surface area contributed by atoms with Gasteiger partial charge in [-0.15, -0.1) is 0 Å². The van der Waals surface area contributed by atoms with Crippen LogP contribution in [0.15, 0.2) is 59.9 Å². The first-order chi connectivity index (χ1) is 14.4. The highest BCUT2D eigenvalue weighted by atomic mass is 35.5. The predicted molar refractivity (Wildman–Crippen MR) is 120 cm³/mol. The maximum absolute atomic E-state index is 12.9. The molecule has 2 aromatic heterocycles. The molecule has 0 aliphatic rings. The molecule has 1 aromatic carbocycles. The third-order valence-corrected chi connectivity index (χ3v) is 6.61. The highest BCUT2D eigenvalue weighted by Gasteiger charge is 2.22. The zero-order chi connectivity index (χ0) is 21.7. The Morgan fingerprint density at radius 3 is 2.63 bits per heavy atom. The molecule has 158 valence electrons. The minimum Gasteiger partial charge on any atom is -0.308 e. The van der Waals surface area contributed by atoms with E-state index in [9.17, 15) is 9.00 Å². The zero-order valence-electron chi connectivity index (χ0n) is 16.5. The van der Waals surface area contributed by atoms with Crippen molar-refractivity contribution in [3.63, 3.8) is 0 Å². The van der Waals surface area contributed by atoms with Crippen molar-refractivity contribution in [2.45, 2.75) is 18.2 Å². The van der Waals surface area contributed by atoms with Crippen LogP contribution >= 0.6 is 23.2 Å². The fourth-order valence-corrected chi connectivity index (χ4v) is 4.44. The lowest BCUT2D eigenvalue weighted by molar-refractivity contribution is -0.118. The topological polar surface area (TPSA) is 71.3 Å². The Bertz CT molecular complexity index is 1040. The lowest BCUT2D eigenvalue weighted by Crippen LogP contribution is -2.34. The SMILES string of the molecule is CCN(C(=O)CCN(C)S(=O)c1ccccc1Cl)c1cn(-c2cccnc2)nc1Cl. The van der Waals surface area contributed by atoms with Crippen molar-refractivity contribution in [3.05, 3.63) is 65.2 Å². The minimum absolute atomic E-state index is 0.145. The normalized spacial score (nSPS) is 12.2. The molecule has 3 aromatic rings. The van der Waals surface area contributed by atoms with Crippen LogP contribution in [0.1, 0.15) is 13.3 Å². The average molecular weight is 466 g/mol. The third-order valence-electron chi connectivity index (χ3n) is 4.42. The molecule has 0 aliphatic heterocycles. The van der Waals surface area contributed by atoms with E-state index in [1.165, 1.54) is 0 Å². The largest absolute Gasteiger partial charge is 0.308 e. The van der Waals surface area contributed by atoms with E-state index in [0.29, 0.717) is 28.7 Å². The van der Waals surface area contributed by atoms with Crippen LogP contribution in [-0.4, -0.2) is 49.3 Å². The number of benzene rings is 1. The molecular formula is C20H21Cl2N5O2S. The number of rotatable bonds is 8. The number of pyridine rings is 1. The van der Waals surface area contributed by atoms with Crippen molar-refractivity contribution >= 4 is 45.8 Å². The number of halogens is 2. The molecule has 7 nitrogen and oxygen atoms in total. The Labute approximate surface area is 187 Å². The van der Waals surface area contributed by atoms with Crippen LogP contribution in [0, 0.1) is 0 Å². The van der Waals surface area contributed by atoms with Crippen LogP contribution in [0.4, 0.5) is 5.69 Å². The molecule has 0 saturated heterocycles. The van der Waals surface area contributed by atoms with E-state index in [0.717, 1.165) is 5.69 Å². The van der Waals surface area contributed by atoms with E-state index in [2.05, 4.69) is 10.1 Å². The number of amides is 1. The fourth-order valence-electron chi connectivity index (χ4n) is 2.85. The first kappa shape index (κ1) is 22.4. The van der Waals surface area contributed by atoms with Crippen LogP contribution in [0.3, 0.4) is 0 Å². The highest BCUT2D eigenvalue weighted by Crippen LogP contribution is 2.27. The average Bonchev–Trinajstić information content (AvgIpc) is 3.14. The monoisotopic (exact) mass is 465 g/mol. The van der Waals surface area contributed by atoms with Crippen LogP contribution < -0.4 is 4.90 Å². The number of nitrogens with zero attached hydrogens (tertiary/aromatic N) is 5. The first-order valence-corrected chi connectivity index (χ1v) is 11.1. The van der Waals surface area contributed by atoms with Crippen molar-refractivity contribution in [2.24, 2.45) is 0 Å². The third kappa shape index (κ3) is 5.07. The van der Waals surface area contributed by atoms with Gasteiger partial charge in [-0.25, -0.2) is 13.2 Å². The summed E-state index contributed by atoms with van der Waals surface area (Å²) in [6.45, 7) is 2.58. The summed E-state index contributed by atoms with van der Waals surface area (Å²) in [6, 6.07) is 10.6. The molecule has 0 spiro atoms. The van der Waals surface area contributed by atoms with Crippen molar-refractivity contribution in [1.82, 2.24) is 19.1 Å². The van der Waals surface area contributed by atoms with Gasteiger partial charge >= 0.3 is 0 Å². The Balaban J connectivity index is 1.69. The van der Waals surface area contributed by atoms with Gasteiger partial charge in [0.25, 0.3) is 0 Å². The summed E-state index contributed by atoms with van der Waals surface area (Å²) in [5, 5.41) is 4.93. The highest BCUT2D eigenvalue weighted by molar-refractivity contribution is 7.82. The van der Waals surface area contributed by atoms with E-state index in [-0.39, 0.29) is 17.5 Å². The number of hydrogen-bond acceptors (Lipinski definition) is 4. The van der Waals surface area contributed by atoms with E-state index < -0.39 is 11.0 Å². The fraction of sp³-hybridized carbons (Fsp3) is 0.250. The second kappa shape index (κ2) is 10.2. The smallest absolute Gasteiger partial charge is 0.228 e. The first-order valence-electron chi connectivity index (χ1n) is 9.25. The number of carbonyl (C=O) groups excluding carboxylic acids is 1. The maximum atomic E-state index is 12.9. The maximum Gasteiger partial charge on any atom is 0.228 e. The van der Waals surface area contributed by atoms with Gasteiger partial charge in [-0.2, -0.15) is 5.10 Å². The molecule has 1 unspecified atom stereocenters. The van der Waals surface area contributed by atoms with Gasteiger partial charge < -0.3 is 4.90 Å². The summed E-state index contributed by atoms with van der Waals surface area (Å²) in [5.41, 5.74) is 1.26. The van der Waals surface area contributed by atoms with Crippen molar-refractivity contribution < 1.29 is 9.00 Å². The number of hydrogen-bond donors (Lipinski definition) is 0. The molecule has 0 radical (unpaired) electrons. The molecule has 3 rings (SSSR count). The molecule has 0 saturated carbocycles. The van der Waals surface area contributed by atoms with E-state index in [4.69, 9.17) is 23.2 Å². The second-order valence-corrected chi connectivity index (χ2v) is 8.71. The van der Waals surface area contributed by atoms with E-state index >= 15 is 0 Å². The van der Waals surface area contributed by atoms with Gasteiger partial charge in [-0.05, 0) is 31.2 Å².